The van der Waals surface area contributed by atoms with Crippen LogP contribution in [0, 0.1) is 0 Å². The van der Waals surface area contributed by atoms with Crippen molar-refractivity contribution in [2.24, 2.45) is 0 Å². The van der Waals surface area contributed by atoms with Gasteiger partial charge < -0.3 is 15.0 Å². The van der Waals surface area contributed by atoms with E-state index in [1.807, 2.05) is 10.6 Å². The molecule has 0 spiro atoms. The monoisotopic (exact) mass is 345 g/mol. The summed E-state index contributed by atoms with van der Waals surface area (Å²) in [4.78, 5) is 13.3. The Bertz CT molecular complexity index is 893. The highest BCUT2D eigenvalue weighted by Gasteiger charge is 2.20. The van der Waals surface area contributed by atoms with E-state index in [0.717, 1.165) is 12.8 Å². The van der Waals surface area contributed by atoms with Crippen molar-refractivity contribution in [2.45, 2.75) is 36.4 Å². The maximum atomic E-state index is 13.1. The molecular formula is C16H19N5O2S. The van der Waals surface area contributed by atoms with Crippen LogP contribution in [0.25, 0.3) is 11.2 Å². The standard InChI is InChI=1S/C16H19N5O2S/c1-3-4-8-21-15-13(14(17)18-10-19-15)20-16(21)24(22)12-7-5-6-11(9-12)23-2/h5-7,9-10H,3-4,8H2,1-2H3,(H2,17,18,19). The van der Waals surface area contributed by atoms with Gasteiger partial charge in [-0.2, -0.15) is 0 Å². The molecule has 0 saturated carbocycles. The first-order valence-corrected chi connectivity index (χ1v) is 8.83. The van der Waals surface area contributed by atoms with Gasteiger partial charge in [0, 0.05) is 6.54 Å². The predicted octanol–water partition coefficient (Wildman–Crippen LogP) is 2.38. The van der Waals surface area contributed by atoms with E-state index in [4.69, 9.17) is 10.5 Å². The lowest BCUT2D eigenvalue weighted by Gasteiger charge is -2.08. The zero-order chi connectivity index (χ0) is 17.1. The van der Waals surface area contributed by atoms with Crippen molar-refractivity contribution in [3.63, 3.8) is 0 Å². The van der Waals surface area contributed by atoms with Crippen LogP contribution < -0.4 is 10.5 Å². The third-order valence-corrected chi connectivity index (χ3v) is 5.01. The number of nitrogens with two attached hydrogens (primary N) is 1. The molecule has 7 nitrogen and oxygen atoms in total. The third kappa shape index (κ3) is 2.96. The number of aryl methyl sites for hydroxylation is 1. The summed E-state index contributed by atoms with van der Waals surface area (Å²) in [5.74, 6) is 0.940. The first-order valence-electron chi connectivity index (χ1n) is 7.68. The maximum absolute atomic E-state index is 13.1. The average molecular weight is 345 g/mol. The maximum Gasteiger partial charge on any atom is 0.206 e. The normalized spacial score (nSPS) is 12.4. The van der Waals surface area contributed by atoms with E-state index in [1.54, 1.807) is 25.3 Å². The number of nitrogen functional groups attached to an aromatic ring is 1. The number of fused-ring (bicyclic) bond motifs is 1. The topological polar surface area (TPSA) is 95.9 Å². The number of anilines is 1. The van der Waals surface area contributed by atoms with Gasteiger partial charge in [0.1, 0.15) is 22.9 Å². The van der Waals surface area contributed by atoms with E-state index in [0.29, 0.717) is 39.3 Å². The van der Waals surface area contributed by atoms with E-state index in [-0.39, 0.29) is 0 Å². The van der Waals surface area contributed by atoms with Gasteiger partial charge in [0.25, 0.3) is 0 Å². The van der Waals surface area contributed by atoms with E-state index in [9.17, 15) is 4.21 Å². The lowest BCUT2D eigenvalue weighted by Crippen LogP contribution is -2.07. The number of hydrogen-bond acceptors (Lipinski definition) is 6. The van der Waals surface area contributed by atoms with E-state index in [2.05, 4.69) is 21.9 Å². The third-order valence-electron chi connectivity index (χ3n) is 3.68. The minimum absolute atomic E-state index is 0.291. The van der Waals surface area contributed by atoms with Crippen LogP contribution in [-0.2, 0) is 17.3 Å². The first-order chi connectivity index (χ1) is 11.7. The summed E-state index contributed by atoms with van der Waals surface area (Å²) in [5.41, 5.74) is 7.00. The summed E-state index contributed by atoms with van der Waals surface area (Å²) in [6, 6.07) is 7.15. The Morgan fingerprint density at radius 2 is 2.17 bits per heavy atom. The van der Waals surface area contributed by atoms with Gasteiger partial charge >= 0.3 is 0 Å². The Morgan fingerprint density at radius 1 is 1.33 bits per heavy atom. The molecule has 0 aliphatic carbocycles. The molecule has 1 unspecified atom stereocenters. The number of methoxy groups -OCH3 is 1. The Morgan fingerprint density at radius 3 is 2.92 bits per heavy atom. The molecule has 1 aromatic carbocycles. The van der Waals surface area contributed by atoms with Crippen molar-refractivity contribution in [3.8, 4) is 5.75 Å². The second-order valence-electron chi connectivity index (χ2n) is 5.28. The van der Waals surface area contributed by atoms with Crippen molar-refractivity contribution in [2.75, 3.05) is 12.8 Å². The van der Waals surface area contributed by atoms with Gasteiger partial charge in [-0.3, -0.25) is 0 Å². The van der Waals surface area contributed by atoms with Crippen molar-refractivity contribution in [1.29, 1.82) is 0 Å². The number of unbranched alkanes of at least 4 members (excludes halogenated alkanes) is 1. The van der Waals surface area contributed by atoms with Crippen molar-refractivity contribution >= 4 is 27.8 Å². The summed E-state index contributed by atoms with van der Waals surface area (Å²) in [6.07, 6.45) is 3.34. The number of rotatable bonds is 6. The van der Waals surface area contributed by atoms with Crippen LogP contribution in [0.4, 0.5) is 5.82 Å². The fourth-order valence-electron chi connectivity index (χ4n) is 2.42. The Labute approximate surface area is 142 Å². The van der Waals surface area contributed by atoms with Crippen LogP contribution in [0.2, 0.25) is 0 Å². The van der Waals surface area contributed by atoms with E-state index < -0.39 is 10.8 Å². The molecule has 0 fully saturated rings. The fraction of sp³-hybridized carbons (Fsp3) is 0.312. The second-order valence-corrected chi connectivity index (χ2v) is 6.65. The van der Waals surface area contributed by atoms with Crippen LogP contribution >= 0.6 is 0 Å². The average Bonchev–Trinajstić information content (AvgIpc) is 2.99. The van der Waals surface area contributed by atoms with Crippen LogP contribution in [0.15, 0.2) is 40.6 Å². The van der Waals surface area contributed by atoms with E-state index >= 15 is 0 Å². The molecule has 2 N–H and O–H groups in total. The van der Waals surface area contributed by atoms with Gasteiger partial charge in [0.2, 0.25) is 5.16 Å². The van der Waals surface area contributed by atoms with Crippen molar-refractivity contribution in [3.05, 3.63) is 30.6 Å². The molecule has 1 atom stereocenters. The zero-order valence-electron chi connectivity index (χ0n) is 13.6. The SMILES string of the molecule is CCCCn1c(S(=O)c2cccc(OC)c2)nc2c(N)ncnc21. The smallest absolute Gasteiger partial charge is 0.206 e. The van der Waals surface area contributed by atoms with Crippen molar-refractivity contribution in [1.82, 2.24) is 19.5 Å². The van der Waals surface area contributed by atoms with Crippen molar-refractivity contribution < 1.29 is 8.95 Å². The summed E-state index contributed by atoms with van der Waals surface area (Å²) in [5, 5.41) is 0.430. The van der Waals surface area contributed by atoms with Gasteiger partial charge in [-0.15, -0.1) is 0 Å². The number of aromatic nitrogens is 4. The predicted molar refractivity (Wildman–Crippen MR) is 92.3 cm³/mol. The molecule has 0 bridgehead atoms. The fourth-order valence-corrected chi connectivity index (χ4v) is 3.60. The molecule has 126 valence electrons. The lowest BCUT2D eigenvalue weighted by atomic mass is 10.3. The molecule has 0 aliphatic rings. The van der Waals surface area contributed by atoms with Crippen LogP contribution in [0.5, 0.6) is 5.75 Å². The summed E-state index contributed by atoms with van der Waals surface area (Å²) < 4.78 is 20.1. The lowest BCUT2D eigenvalue weighted by molar-refractivity contribution is 0.413. The van der Waals surface area contributed by atoms with Crippen LogP contribution in [-0.4, -0.2) is 30.8 Å². The summed E-state index contributed by atoms with van der Waals surface area (Å²) >= 11 is 0. The number of ether oxygens (including phenoxy) is 1. The Balaban J connectivity index is 2.13. The zero-order valence-corrected chi connectivity index (χ0v) is 14.4. The summed E-state index contributed by atoms with van der Waals surface area (Å²) in [6.45, 7) is 2.77. The van der Waals surface area contributed by atoms with Gasteiger partial charge in [0.15, 0.2) is 17.0 Å². The largest absolute Gasteiger partial charge is 0.497 e. The molecule has 2 heterocycles. The van der Waals surface area contributed by atoms with Gasteiger partial charge in [-0.05, 0) is 24.6 Å². The molecule has 0 aliphatic heterocycles. The molecule has 0 saturated heterocycles. The molecule has 0 amide bonds. The van der Waals surface area contributed by atoms with E-state index in [1.165, 1.54) is 6.33 Å². The Kier molecular flexibility index (Phi) is 4.75. The van der Waals surface area contributed by atoms with Gasteiger partial charge in [-0.1, -0.05) is 19.4 Å². The minimum atomic E-state index is -1.47. The molecule has 0 radical (unpaired) electrons. The minimum Gasteiger partial charge on any atom is -0.497 e. The molecule has 3 aromatic rings. The van der Waals surface area contributed by atoms with Crippen LogP contribution in [0.1, 0.15) is 19.8 Å². The highest BCUT2D eigenvalue weighted by Crippen LogP contribution is 2.25. The second kappa shape index (κ2) is 6.96. The van der Waals surface area contributed by atoms with Crippen LogP contribution in [0.3, 0.4) is 0 Å². The molecule has 8 heteroatoms. The van der Waals surface area contributed by atoms with Gasteiger partial charge in [-0.25, -0.2) is 19.2 Å². The molecule has 2 aromatic heterocycles. The number of imidazole rings is 1. The number of benzene rings is 1. The highest BCUT2D eigenvalue weighted by molar-refractivity contribution is 7.85. The number of hydrogen-bond donors (Lipinski definition) is 1. The van der Waals surface area contributed by atoms with Gasteiger partial charge in [0.05, 0.1) is 12.0 Å². The molecule has 24 heavy (non-hydrogen) atoms. The molecular weight excluding hydrogens is 326 g/mol. The first kappa shape index (κ1) is 16.4. The highest BCUT2D eigenvalue weighted by atomic mass is 32.2. The summed E-state index contributed by atoms with van der Waals surface area (Å²) in [7, 11) is 0.112. The quantitative estimate of drug-likeness (QED) is 0.737. The molecule has 3 rings (SSSR count). The Hall–Kier alpha value is -2.48. The number of nitrogens with zero attached hydrogens (tertiary/aromatic N) is 4.